The van der Waals surface area contributed by atoms with Crippen molar-refractivity contribution in [2.24, 2.45) is 18.2 Å². The number of aromatic nitrogens is 3. The maximum absolute atomic E-state index is 12.8. The molecule has 3 aromatic rings. The predicted molar refractivity (Wildman–Crippen MR) is 110 cm³/mol. The van der Waals surface area contributed by atoms with Crippen molar-refractivity contribution in [3.63, 3.8) is 0 Å². The molecule has 2 N–H and O–H groups in total. The molecule has 0 spiro atoms. The molecule has 0 saturated heterocycles. The van der Waals surface area contributed by atoms with E-state index in [2.05, 4.69) is 37.8 Å². The molecule has 0 saturated carbocycles. The standard InChI is InChI=1S/C21H27N5O/c1-21(2,3)13-26-17-9-10-18(23-19(17)24(4)20(26)27)25-12-15(22)11-14-7-5-6-8-16(14)25/h5-10,15H,11-13,22H2,1-4H3. The molecule has 6 heteroatoms. The van der Waals surface area contributed by atoms with Crippen molar-refractivity contribution in [2.75, 3.05) is 11.4 Å². The number of imidazole rings is 1. The molecule has 6 nitrogen and oxygen atoms in total. The van der Waals surface area contributed by atoms with E-state index in [1.807, 2.05) is 28.8 Å². The van der Waals surface area contributed by atoms with Crippen molar-refractivity contribution in [1.82, 2.24) is 14.1 Å². The second-order valence-corrected chi connectivity index (χ2v) is 8.70. The van der Waals surface area contributed by atoms with Crippen molar-refractivity contribution < 1.29 is 0 Å². The zero-order valence-corrected chi connectivity index (χ0v) is 16.4. The maximum atomic E-state index is 12.8. The zero-order chi connectivity index (χ0) is 19.3. The first kappa shape index (κ1) is 17.8. The lowest BCUT2D eigenvalue weighted by molar-refractivity contribution is 0.342. The minimum Gasteiger partial charge on any atom is -0.326 e. The summed E-state index contributed by atoms with van der Waals surface area (Å²) in [6.07, 6.45) is 0.870. The van der Waals surface area contributed by atoms with E-state index >= 15 is 0 Å². The van der Waals surface area contributed by atoms with Gasteiger partial charge in [-0.2, -0.15) is 0 Å². The Morgan fingerprint density at radius 3 is 2.67 bits per heavy atom. The third-order valence-electron chi connectivity index (χ3n) is 5.06. The summed E-state index contributed by atoms with van der Waals surface area (Å²) >= 11 is 0. The Kier molecular flexibility index (Phi) is 4.11. The van der Waals surface area contributed by atoms with E-state index in [9.17, 15) is 4.79 Å². The molecule has 0 bridgehead atoms. The van der Waals surface area contributed by atoms with Gasteiger partial charge >= 0.3 is 5.69 Å². The summed E-state index contributed by atoms with van der Waals surface area (Å²) in [6.45, 7) is 7.76. The monoisotopic (exact) mass is 365 g/mol. The van der Waals surface area contributed by atoms with Crippen LogP contribution in [0.2, 0.25) is 0 Å². The normalized spacial score (nSPS) is 17.4. The molecule has 1 unspecified atom stereocenters. The van der Waals surface area contributed by atoms with Gasteiger partial charge < -0.3 is 10.6 Å². The van der Waals surface area contributed by atoms with Gasteiger partial charge in [0, 0.05) is 31.9 Å². The third kappa shape index (κ3) is 3.14. The van der Waals surface area contributed by atoms with Crippen LogP contribution in [0.5, 0.6) is 0 Å². The van der Waals surface area contributed by atoms with E-state index in [4.69, 9.17) is 10.7 Å². The fraction of sp³-hybridized carbons (Fsp3) is 0.429. The summed E-state index contributed by atoms with van der Waals surface area (Å²) in [6, 6.07) is 12.4. The topological polar surface area (TPSA) is 69.1 Å². The van der Waals surface area contributed by atoms with Crippen molar-refractivity contribution in [2.45, 2.75) is 39.8 Å². The van der Waals surface area contributed by atoms with Gasteiger partial charge in [-0.25, -0.2) is 9.78 Å². The van der Waals surface area contributed by atoms with Crippen LogP contribution >= 0.6 is 0 Å². The summed E-state index contributed by atoms with van der Waals surface area (Å²) in [4.78, 5) is 19.8. The average Bonchev–Trinajstić information content (AvgIpc) is 2.84. The van der Waals surface area contributed by atoms with Gasteiger partial charge in [0.25, 0.3) is 0 Å². The Morgan fingerprint density at radius 2 is 1.93 bits per heavy atom. The molecule has 2 aromatic heterocycles. The smallest absolute Gasteiger partial charge is 0.326 e. The van der Waals surface area contributed by atoms with Crippen LogP contribution in [0.25, 0.3) is 11.2 Å². The van der Waals surface area contributed by atoms with Crippen LogP contribution in [0.15, 0.2) is 41.2 Å². The van der Waals surface area contributed by atoms with Gasteiger partial charge in [0.05, 0.1) is 5.52 Å². The molecular formula is C21H27N5O. The maximum Gasteiger partial charge on any atom is 0.330 e. The molecule has 1 aliphatic heterocycles. The van der Waals surface area contributed by atoms with Crippen LogP contribution in [0, 0.1) is 5.41 Å². The van der Waals surface area contributed by atoms with Crippen LogP contribution in [0.1, 0.15) is 26.3 Å². The Morgan fingerprint density at radius 1 is 1.19 bits per heavy atom. The summed E-state index contributed by atoms with van der Waals surface area (Å²) in [5.41, 5.74) is 10.2. The van der Waals surface area contributed by atoms with Gasteiger partial charge in [0.1, 0.15) is 5.82 Å². The second kappa shape index (κ2) is 6.23. The Balaban J connectivity index is 1.84. The molecule has 0 aliphatic carbocycles. The largest absolute Gasteiger partial charge is 0.330 e. The lowest BCUT2D eigenvalue weighted by Gasteiger charge is -2.33. The Labute approximate surface area is 159 Å². The first-order chi connectivity index (χ1) is 12.7. The van der Waals surface area contributed by atoms with Gasteiger partial charge in [-0.15, -0.1) is 0 Å². The van der Waals surface area contributed by atoms with Gasteiger partial charge in [-0.3, -0.25) is 9.13 Å². The van der Waals surface area contributed by atoms with E-state index in [1.54, 1.807) is 11.6 Å². The van der Waals surface area contributed by atoms with Crippen LogP contribution in [-0.4, -0.2) is 26.7 Å². The molecular weight excluding hydrogens is 338 g/mol. The molecule has 1 aliphatic rings. The fourth-order valence-corrected chi connectivity index (χ4v) is 3.88. The molecule has 0 amide bonds. The molecule has 0 fully saturated rings. The minimum absolute atomic E-state index is 0.00929. The molecule has 1 atom stereocenters. The van der Waals surface area contributed by atoms with Crippen LogP contribution in [-0.2, 0) is 20.0 Å². The van der Waals surface area contributed by atoms with Crippen molar-refractivity contribution >= 4 is 22.7 Å². The molecule has 3 heterocycles. The Hall–Kier alpha value is -2.60. The number of hydrogen-bond acceptors (Lipinski definition) is 4. The van der Waals surface area contributed by atoms with E-state index < -0.39 is 0 Å². The van der Waals surface area contributed by atoms with E-state index in [-0.39, 0.29) is 17.1 Å². The minimum atomic E-state index is -0.0275. The molecule has 1 aromatic carbocycles. The van der Waals surface area contributed by atoms with Gasteiger partial charge in [-0.1, -0.05) is 39.0 Å². The number of benzene rings is 1. The van der Waals surface area contributed by atoms with Crippen molar-refractivity contribution in [1.29, 1.82) is 0 Å². The van der Waals surface area contributed by atoms with Gasteiger partial charge in [-0.05, 0) is 35.6 Å². The van der Waals surface area contributed by atoms with Crippen LogP contribution in [0.3, 0.4) is 0 Å². The van der Waals surface area contributed by atoms with E-state index in [0.29, 0.717) is 18.7 Å². The lowest BCUT2D eigenvalue weighted by Crippen LogP contribution is -2.41. The Bertz CT molecular complexity index is 1060. The number of para-hydroxylation sites is 1. The quantitative estimate of drug-likeness (QED) is 0.758. The SMILES string of the molecule is Cn1c(=O)n(CC(C)(C)C)c2ccc(N3CC(N)Cc4ccccc43)nc21. The fourth-order valence-electron chi connectivity index (χ4n) is 3.88. The van der Waals surface area contributed by atoms with E-state index in [1.165, 1.54) is 5.56 Å². The number of nitrogens with zero attached hydrogens (tertiary/aromatic N) is 4. The van der Waals surface area contributed by atoms with Crippen LogP contribution < -0.4 is 16.3 Å². The van der Waals surface area contributed by atoms with Crippen LogP contribution in [0.4, 0.5) is 11.5 Å². The number of nitrogens with two attached hydrogens (primary N) is 1. The zero-order valence-electron chi connectivity index (χ0n) is 16.4. The van der Waals surface area contributed by atoms with Crippen molar-refractivity contribution in [3.8, 4) is 0 Å². The molecule has 27 heavy (non-hydrogen) atoms. The second-order valence-electron chi connectivity index (χ2n) is 8.70. The predicted octanol–water partition coefficient (Wildman–Crippen LogP) is 2.80. The summed E-state index contributed by atoms with van der Waals surface area (Å²) in [5.74, 6) is 0.827. The third-order valence-corrected chi connectivity index (χ3v) is 5.06. The molecule has 4 rings (SSSR count). The first-order valence-corrected chi connectivity index (χ1v) is 9.42. The molecule has 0 radical (unpaired) electrons. The number of rotatable bonds is 2. The summed E-state index contributed by atoms with van der Waals surface area (Å²) in [7, 11) is 1.79. The number of hydrogen-bond donors (Lipinski definition) is 1. The summed E-state index contributed by atoms with van der Waals surface area (Å²) < 4.78 is 3.46. The number of fused-ring (bicyclic) bond motifs is 2. The first-order valence-electron chi connectivity index (χ1n) is 9.42. The number of anilines is 2. The number of pyridine rings is 1. The average molecular weight is 365 g/mol. The number of aryl methyl sites for hydroxylation is 1. The highest BCUT2D eigenvalue weighted by Crippen LogP contribution is 2.32. The highest BCUT2D eigenvalue weighted by molar-refractivity contribution is 5.76. The molecule has 142 valence electrons. The van der Waals surface area contributed by atoms with E-state index in [0.717, 1.165) is 23.4 Å². The lowest BCUT2D eigenvalue weighted by atomic mass is 9.97. The highest BCUT2D eigenvalue weighted by Gasteiger charge is 2.25. The highest BCUT2D eigenvalue weighted by atomic mass is 16.1. The van der Waals surface area contributed by atoms with Gasteiger partial charge in [0.2, 0.25) is 0 Å². The van der Waals surface area contributed by atoms with Crippen molar-refractivity contribution in [3.05, 3.63) is 52.4 Å². The summed E-state index contributed by atoms with van der Waals surface area (Å²) in [5, 5.41) is 0. The van der Waals surface area contributed by atoms with Gasteiger partial charge in [0.15, 0.2) is 5.65 Å².